The molecule has 0 radical (unpaired) electrons. The van der Waals surface area contributed by atoms with E-state index in [1.807, 2.05) is 6.07 Å². The van der Waals surface area contributed by atoms with Crippen LogP contribution in [0, 0.1) is 0 Å². The van der Waals surface area contributed by atoms with Crippen LogP contribution in [0.3, 0.4) is 0 Å². The van der Waals surface area contributed by atoms with Crippen molar-refractivity contribution in [2.24, 2.45) is 0 Å². The molecule has 114 valence electrons. The lowest BCUT2D eigenvalue weighted by atomic mass is 10.1. The van der Waals surface area contributed by atoms with Gasteiger partial charge in [0.15, 0.2) is 5.58 Å². The number of pyridine rings is 1. The van der Waals surface area contributed by atoms with Crippen LogP contribution >= 0.6 is 12.4 Å². The van der Waals surface area contributed by atoms with Crippen LogP contribution in [0.25, 0.3) is 11.2 Å². The zero-order chi connectivity index (χ0) is 13.5. The third kappa shape index (κ3) is 2.53. The monoisotopic (exact) mass is 310 g/mol. The number of nitrogens with zero attached hydrogens (tertiary/aromatic N) is 4. The minimum Gasteiger partial charge on any atom is -0.481 e. The Balaban J connectivity index is 0.00000132. The van der Waals surface area contributed by atoms with Crippen LogP contribution in [-0.2, 0) is 0 Å². The number of oxazole rings is 1. The minimum atomic E-state index is 0. The van der Waals surface area contributed by atoms with Crippen LogP contribution in [0.2, 0.25) is 0 Å². The average Bonchev–Trinajstić information content (AvgIpc) is 2.67. The maximum atomic E-state index is 5.89. The molecule has 3 aliphatic heterocycles. The van der Waals surface area contributed by atoms with Gasteiger partial charge in [-0.15, -0.1) is 12.4 Å². The fraction of sp³-hybridized carbons (Fsp3) is 0.571. The first-order valence-corrected chi connectivity index (χ1v) is 7.14. The highest BCUT2D eigenvalue weighted by Crippen LogP contribution is 2.29. The van der Waals surface area contributed by atoms with E-state index in [1.54, 1.807) is 13.2 Å². The summed E-state index contributed by atoms with van der Waals surface area (Å²) in [6.07, 6.45) is 2.38. The Hall–Kier alpha value is -1.53. The maximum Gasteiger partial charge on any atom is 0.300 e. The number of aromatic nitrogens is 2. The van der Waals surface area contributed by atoms with Crippen molar-refractivity contribution in [1.29, 1.82) is 0 Å². The van der Waals surface area contributed by atoms with E-state index in [-0.39, 0.29) is 12.4 Å². The Bertz CT molecular complexity index is 624. The van der Waals surface area contributed by atoms with Gasteiger partial charge in [0.1, 0.15) is 0 Å². The molecule has 2 aromatic rings. The molecule has 0 spiro atoms. The van der Waals surface area contributed by atoms with Crippen molar-refractivity contribution in [1.82, 2.24) is 14.9 Å². The van der Waals surface area contributed by atoms with Gasteiger partial charge in [-0.2, -0.15) is 9.97 Å². The van der Waals surface area contributed by atoms with Gasteiger partial charge >= 0.3 is 0 Å². The molecule has 6 nitrogen and oxygen atoms in total. The first kappa shape index (κ1) is 14.4. The second-order valence-corrected chi connectivity index (χ2v) is 5.44. The van der Waals surface area contributed by atoms with Crippen molar-refractivity contribution < 1.29 is 9.15 Å². The summed E-state index contributed by atoms with van der Waals surface area (Å²) in [5.41, 5.74) is 1.35. The molecule has 3 fully saturated rings. The molecule has 0 unspecified atom stereocenters. The van der Waals surface area contributed by atoms with Crippen LogP contribution in [0.5, 0.6) is 5.88 Å². The van der Waals surface area contributed by atoms with Gasteiger partial charge in [0.2, 0.25) is 11.5 Å². The van der Waals surface area contributed by atoms with Gasteiger partial charge in [-0.25, -0.2) is 0 Å². The van der Waals surface area contributed by atoms with E-state index in [9.17, 15) is 0 Å². The highest BCUT2D eigenvalue weighted by Gasteiger charge is 2.31. The Labute approximate surface area is 129 Å². The largest absolute Gasteiger partial charge is 0.481 e. The van der Waals surface area contributed by atoms with E-state index in [0.717, 1.165) is 18.7 Å². The molecular formula is C14H19ClN4O2. The van der Waals surface area contributed by atoms with Crippen LogP contribution in [0.1, 0.15) is 12.8 Å². The zero-order valence-electron chi connectivity index (χ0n) is 12.0. The number of hydrogen-bond acceptors (Lipinski definition) is 6. The van der Waals surface area contributed by atoms with E-state index >= 15 is 0 Å². The normalized spacial score (nSPS) is 24.7. The van der Waals surface area contributed by atoms with Crippen LogP contribution < -0.4 is 9.64 Å². The SMILES string of the molecule is COc1ccc2oc(N3CCN4CCC3CC4)nc2n1.Cl. The van der Waals surface area contributed by atoms with Crippen molar-refractivity contribution in [3.05, 3.63) is 12.1 Å². The van der Waals surface area contributed by atoms with Gasteiger partial charge in [-0.1, -0.05) is 0 Å². The topological polar surface area (TPSA) is 54.6 Å². The fourth-order valence-electron chi connectivity index (χ4n) is 3.16. The molecule has 3 saturated heterocycles. The summed E-state index contributed by atoms with van der Waals surface area (Å²) in [5, 5.41) is 0. The van der Waals surface area contributed by atoms with Gasteiger partial charge in [0.25, 0.3) is 6.01 Å². The first-order valence-electron chi connectivity index (χ1n) is 7.14. The summed E-state index contributed by atoms with van der Waals surface area (Å²) in [7, 11) is 1.61. The summed E-state index contributed by atoms with van der Waals surface area (Å²) in [5.74, 6) is 0.570. The standard InChI is InChI=1S/C14H18N4O2.ClH/c1-19-12-3-2-11-13(15-12)16-14(20-11)18-9-8-17-6-4-10(18)5-7-17;/h2-3,10H,4-9H2,1H3;1H. The average molecular weight is 311 g/mol. The highest BCUT2D eigenvalue weighted by molar-refractivity contribution is 5.85. The number of methoxy groups -OCH3 is 1. The van der Waals surface area contributed by atoms with Crippen molar-refractivity contribution in [2.45, 2.75) is 18.9 Å². The molecule has 5 rings (SSSR count). The minimum absolute atomic E-state index is 0. The molecule has 0 atom stereocenters. The van der Waals surface area contributed by atoms with Gasteiger partial charge < -0.3 is 19.0 Å². The predicted molar refractivity (Wildman–Crippen MR) is 82.4 cm³/mol. The zero-order valence-corrected chi connectivity index (χ0v) is 12.8. The van der Waals surface area contributed by atoms with Crippen LogP contribution in [-0.4, -0.2) is 54.2 Å². The van der Waals surface area contributed by atoms with E-state index in [4.69, 9.17) is 9.15 Å². The Kier molecular flexibility index (Phi) is 3.91. The quantitative estimate of drug-likeness (QED) is 0.845. The lowest BCUT2D eigenvalue weighted by Crippen LogP contribution is -2.38. The molecule has 0 N–H and O–H groups in total. The fourth-order valence-corrected chi connectivity index (χ4v) is 3.16. The number of piperidine rings is 1. The third-order valence-corrected chi connectivity index (χ3v) is 4.33. The summed E-state index contributed by atoms with van der Waals surface area (Å²) in [6.45, 7) is 4.45. The number of ether oxygens (including phenoxy) is 1. The Morgan fingerprint density at radius 2 is 1.95 bits per heavy atom. The molecule has 3 aliphatic rings. The lowest BCUT2D eigenvalue weighted by Gasteiger charge is -2.30. The number of fused-ring (bicyclic) bond motifs is 5. The van der Waals surface area contributed by atoms with Crippen molar-refractivity contribution in [3.63, 3.8) is 0 Å². The summed E-state index contributed by atoms with van der Waals surface area (Å²) < 4.78 is 11.0. The molecule has 2 bridgehead atoms. The highest BCUT2D eigenvalue weighted by atomic mass is 35.5. The lowest BCUT2D eigenvalue weighted by molar-refractivity contribution is 0.249. The number of halogens is 1. The van der Waals surface area contributed by atoms with Crippen molar-refractivity contribution in [3.8, 4) is 5.88 Å². The van der Waals surface area contributed by atoms with Gasteiger partial charge in [-0.3, -0.25) is 0 Å². The molecule has 0 saturated carbocycles. The molecule has 0 amide bonds. The summed E-state index contributed by atoms with van der Waals surface area (Å²) >= 11 is 0. The second-order valence-electron chi connectivity index (χ2n) is 5.44. The van der Waals surface area contributed by atoms with Crippen molar-refractivity contribution in [2.75, 3.05) is 38.2 Å². The summed E-state index contributed by atoms with van der Waals surface area (Å²) in [4.78, 5) is 13.7. The van der Waals surface area contributed by atoms with E-state index < -0.39 is 0 Å². The summed E-state index contributed by atoms with van der Waals surface area (Å²) in [6, 6.07) is 4.92. The molecule has 5 heterocycles. The number of anilines is 1. The molecular weight excluding hydrogens is 292 g/mol. The molecule has 2 aromatic heterocycles. The first-order chi connectivity index (χ1) is 9.83. The van der Waals surface area contributed by atoms with E-state index in [2.05, 4.69) is 19.8 Å². The Morgan fingerprint density at radius 3 is 2.71 bits per heavy atom. The second kappa shape index (κ2) is 5.69. The number of rotatable bonds is 2. The van der Waals surface area contributed by atoms with Gasteiger partial charge in [0.05, 0.1) is 7.11 Å². The van der Waals surface area contributed by atoms with E-state index in [0.29, 0.717) is 23.6 Å². The molecule has 7 heteroatoms. The molecule has 0 aromatic carbocycles. The maximum absolute atomic E-state index is 5.89. The van der Waals surface area contributed by atoms with Crippen LogP contribution in [0.4, 0.5) is 6.01 Å². The predicted octanol–water partition coefficient (Wildman–Crippen LogP) is 1.94. The number of hydrogen-bond donors (Lipinski definition) is 0. The third-order valence-electron chi connectivity index (χ3n) is 4.33. The van der Waals surface area contributed by atoms with Crippen molar-refractivity contribution >= 4 is 29.7 Å². The smallest absolute Gasteiger partial charge is 0.300 e. The Morgan fingerprint density at radius 1 is 1.14 bits per heavy atom. The van der Waals surface area contributed by atoms with Gasteiger partial charge in [-0.05, 0) is 18.9 Å². The van der Waals surface area contributed by atoms with Gasteiger partial charge in [0, 0.05) is 38.3 Å². The van der Waals surface area contributed by atoms with Crippen LogP contribution in [0.15, 0.2) is 16.5 Å². The molecule has 21 heavy (non-hydrogen) atoms. The van der Waals surface area contributed by atoms with E-state index in [1.165, 1.54) is 25.9 Å². The molecule has 0 aliphatic carbocycles.